The van der Waals surface area contributed by atoms with Crippen molar-refractivity contribution in [3.05, 3.63) is 36.0 Å². The van der Waals surface area contributed by atoms with E-state index in [1.807, 2.05) is 28.8 Å². The van der Waals surface area contributed by atoms with Gasteiger partial charge in [0.1, 0.15) is 0 Å². The van der Waals surface area contributed by atoms with Crippen molar-refractivity contribution in [2.75, 3.05) is 7.11 Å². The van der Waals surface area contributed by atoms with E-state index >= 15 is 0 Å². The molecule has 1 heterocycles. The molecule has 1 aromatic heterocycles. The van der Waals surface area contributed by atoms with Crippen LogP contribution >= 0.6 is 0 Å². The number of para-hydroxylation sites is 1. The lowest BCUT2D eigenvalue weighted by molar-refractivity contribution is 0.0603. The molecule has 80 valence electrons. The first-order valence-corrected chi connectivity index (χ1v) is 4.87. The summed E-state index contributed by atoms with van der Waals surface area (Å²) in [7, 11) is 1.37. The number of hydrogen-bond donors (Lipinski definition) is 0. The normalized spacial score (nSPS) is 10.0. The number of benzene rings is 1. The van der Waals surface area contributed by atoms with Gasteiger partial charge in [0.15, 0.2) is 0 Å². The Morgan fingerprint density at radius 2 is 2.25 bits per heavy atom. The van der Waals surface area contributed by atoms with Crippen LogP contribution in [0.15, 0.2) is 30.5 Å². The minimum absolute atomic E-state index is 0.341. The van der Waals surface area contributed by atoms with Crippen molar-refractivity contribution in [2.24, 2.45) is 0 Å². The number of hydrogen-bond acceptors (Lipinski definition) is 2. The summed E-state index contributed by atoms with van der Waals surface area (Å²) >= 11 is 0. The molecule has 0 radical (unpaired) electrons. The van der Waals surface area contributed by atoms with E-state index < -0.39 is 0 Å². The SMILES string of the molecule is C#CCn1cc(C(=O)OC)c2ccccc21. The van der Waals surface area contributed by atoms with Gasteiger partial charge in [-0.2, -0.15) is 0 Å². The minimum Gasteiger partial charge on any atom is -0.465 e. The first kappa shape index (κ1) is 10.3. The van der Waals surface area contributed by atoms with E-state index in [9.17, 15) is 4.79 Å². The lowest BCUT2D eigenvalue weighted by Crippen LogP contribution is -2.00. The summed E-state index contributed by atoms with van der Waals surface area (Å²) in [5, 5.41) is 0.865. The molecule has 0 spiro atoms. The molecule has 3 heteroatoms. The third kappa shape index (κ3) is 1.55. The molecule has 1 aromatic carbocycles. The van der Waals surface area contributed by atoms with Gasteiger partial charge in [0.2, 0.25) is 0 Å². The van der Waals surface area contributed by atoms with Crippen molar-refractivity contribution >= 4 is 16.9 Å². The maximum absolute atomic E-state index is 11.6. The van der Waals surface area contributed by atoms with Crippen LogP contribution in [0.3, 0.4) is 0 Å². The molecule has 0 saturated heterocycles. The third-order valence-corrected chi connectivity index (χ3v) is 2.46. The lowest BCUT2D eigenvalue weighted by atomic mass is 10.2. The van der Waals surface area contributed by atoms with E-state index in [0.717, 1.165) is 10.9 Å². The maximum atomic E-state index is 11.6. The number of methoxy groups -OCH3 is 1. The van der Waals surface area contributed by atoms with E-state index in [1.165, 1.54) is 7.11 Å². The van der Waals surface area contributed by atoms with Crippen molar-refractivity contribution in [2.45, 2.75) is 6.54 Å². The zero-order valence-corrected chi connectivity index (χ0v) is 8.93. The minimum atomic E-state index is -0.341. The van der Waals surface area contributed by atoms with E-state index in [2.05, 4.69) is 5.92 Å². The summed E-state index contributed by atoms with van der Waals surface area (Å²) in [5.41, 5.74) is 1.49. The van der Waals surface area contributed by atoms with E-state index in [-0.39, 0.29) is 5.97 Å². The van der Waals surface area contributed by atoms with Gasteiger partial charge in [0, 0.05) is 17.1 Å². The Bertz CT molecular complexity index is 575. The fourth-order valence-corrected chi connectivity index (χ4v) is 1.75. The molecule has 0 saturated carbocycles. The molecule has 16 heavy (non-hydrogen) atoms. The van der Waals surface area contributed by atoms with Crippen LogP contribution < -0.4 is 0 Å². The summed E-state index contributed by atoms with van der Waals surface area (Å²) in [4.78, 5) is 11.6. The number of fused-ring (bicyclic) bond motifs is 1. The fourth-order valence-electron chi connectivity index (χ4n) is 1.75. The average Bonchev–Trinajstić information content (AvgIpc) is 2.68. The maximum Gasteiger partial charge on any atom is 0.340 e. The second-order valence-corrected chi connectivity index (χ2v) is 3.38. The average molecular weight is 213 g/mol. The topological polar surface area (TPSA) is 31.2 Å². The summed E-state index contributed by atoms with van der Waals surface area (Å²) in [6.07, 6.45) is 7.01. The summed E-state index contributed by atoms with van der Waals surface area (Å²) < 4.78 is 6.59. The molecule has 0 unspecified atom stereocenters. The van der Waals surface area contributed by atoms with Gasteiger partial charge in [-0.25, -0.2) is 4.79 Å². The van der Waals surface area contributed by atoms with Gasteiger partial charge in [-0.15, -0.1) is 6.42 Å². The van der Waals surface area contributed by atoms with Gasteiger partial charge in [-0.1, -0.05) is 24.1 Å². The number of nitrogens with zero attached hydrogens (tertiary/aromatic N) is 1. The molecule has 2 aromatic rings. The Hall–Kier alpha value is -2.21. The van der Waals surface area contributed by atoms with Crippen LogP contribution in [0.5, 0.6) is 0 Å². The molecule has 0 aliphatic heterocycles. The molecular weight excluding hydrogens is 202 g/mol. The van der Waals surface area contributed by atoms with Gasteiger partial charge < -0.3 is 9.30 Å². The quantitative estimate of drug-likeness (QED) is 0.564. The number of aromatic nitrogens is 1. The Balaban J connectivity index is 2.67. The van der Waals surface area contributed by atoms with Crippen molar-refractivity contribution in [3.63, 3.8) is 0 Å². The zero-order chi connectivity index (χ0) is 11.5. The van der Waals surface area contributed by atoms with Crippen molar-refractivity contribution in [1.29, 1.82) is 0 Å². The molecule has 0 bridgehead atoms. The Kier molecular flexibility index (Phi) is 2.65. The number of rotatable bonds is 2. The van der Waals surface area contributed by atoms with Gasteiger partial charge in [-0.05, 0) is 6.07 Å². The highest BCUT2D eigenvalue weighted by Gasteiger charge is 2.14. The standard InChI is InChI=1S/C13H11NO2/c1-3-8-14-9-11(13(15)16-2)10-6-4-5-7-12(10)14/h1,4-7,9H,8H2,2H3. The van der Waals surface area contributed by atoms with E-state index in [1.54, 1.807) is 6.20 Å². The molecule has 0 N–H and O–H groups in total. The highest BCUT2D eigenvalue weighted by Crippen LogP contribution is 2.21. The Morgan fingerprint density at radius 3 is 2.94 bits per heavy atom. The number of ether oxygens (including phenoxy) is 1. The molecule has 0 aliphatic rings. The molecule has 0 fully saturated rings. The molecule has 0 amide bonds. The zero-order valence-electron chi connectivity index (χ0n) is 8.93. The van der Waals surface area contributed by atoms with Gasteiger partial charge in [-0.3, -0.25) is 0 Å². The van der Waals surface area contributed by atoms with Crippen LogP contribution in [0, 0.1) is 12.3 Å². The van der Waals surface area contributed by atoms with Crippen molar-refractivity contribution < 1.29 is 9.53 Å². The van der Waals surface area contributed by atoms with Crippen LogP contribution in [0.2, 0.25) is 0 Å². The monoisotopic (exact) mass is 213 g/mol. The van der Waals surface area contributed by atoms with Gasteiger partial charge >= 0.3 is 5.97 Å². The van der Waals surface area contributed by atoms with Crippen molar-refractivity contribution in [1.82, 2.24) is 4.57 Å². The number of carbonyl (C=O) groups is 1. The first-order chi connectivity index (χ1) is 7.77. The van der Waals surface area contributed by atoms with Crippen molar-refractivity contribution in [3.8, 4) is 12.3 Å². The smallest absolute Gasteiger partial charge is 0.340 e. The molecular formula is C13H11NO2. The van der Waals surface area contributed by atoms with E-state index in [0.29, 0.717) is 12.1 Å². The number of esters is 1. The predicted molar refractivity (Wildman–Crippen MR) is 62.1 cm³/mol. The van der Waals surface area contributed by atoms with Crippen LogP contribution in [0.4, 0.5) is 0 Å². The third-order valence-electron chi connectivity index (χ3n) is 2.46. The largest absolute Gasteiger partial charge is 0.465 e. The summed E-state index contributed by atoms with van der Waals surface area (Å²) in [6, 6.07) is 7.61. The Labute approximate surface area is 93.6 Å². The Morgan fingerprint density at radius 1 is 1.50 bits per heavy atom. The number of terminal acetylenes is 1. The fraction of sp³-hybridized carbons (Fsp3) is 0.154. The van der Waals surface area contributed by atoms with Gasteiger partial charge in [0.05, 0.1) is 19.2 Å². The summed E-state index contributed by atoms with van der Waals surface area (Å²) in [6.45, 7) is 0.442. The van der Waals surface area contributed by atoms with Gasteiger partial charge in [0.25, 0.3) is 0 Å². The molecule has 0 atom stereocenters. The predicted octanol–water partition coefficient (Wildman–Crippen LogP) is 2.06. The highest BCUT2D eigenvalue weighted by molar-refractivity contribution is 6.04. The number of carbonyl (C=O) groups excluding carboxylic acids is 1. The molecule has 3 nitrogen and oxygen atoms in total. The second-order valence-electron chi connectivity index (χ2n) is 3.38. The van der Waals surface area contributed by atoms with Crippen LogP contribution in [-0.2, 0) is 11.3 Å². The van der Waals surface area contributed by atoms with Crippen LogP contribution in [0.25, 0.3) is 10.9 Å². The molecule has 0 aliphatic carbocycles. The lowest BCUT2D eigenvalue weighted by Gasteiger charge is -1.97. The highest BCUT2D eigenvalue weighted by atomic mass is 16.5. The first-order valence-electron chi connectivity index (χ1n) is 4.87. The molecule has 2 rings (SSSR count). The van der Waals surface area contributed by atoms with E-state index in [4.69, 9.17) is 11.2 Å². The second kappa shape index (κ2) is 4.11. The van der Waals surface area contributed by atoms with Crippen LogP contribution in [-0.4, -0.2) is 17.6 Å². The van der Waals surface area contributed by atoms with Crippen LogP contribution in [0.1, 0.15) is 10.4 Å². The summed E-state index contributed by atoms with van der Waals surface area (Å²) in [5.74, 6) is 2.22.